The molecule has 0 fully saturated rings. The van der Waals surface area contributed by atoms with E-state index in [1.165, 1.54) is 5.56 Å². The molecule has 0 aliphatic heterocycles. The molecule has 1 heterocycles. The highest BCUT2D eigenvalue weighted by Crippen LogP contribution is 2.19. The molecule has 170 valence electrons. The smallest absolute Gasteiger partial charge is 0.226 e. The summed E-state index contributed by atoms with van der Waals surface area (Å²) < 4.78 is 11.4. The van der Waals surface area contributed by atoms with Gasteiger partial charge in [-0.3, -0.25) is 0 Å². The quantitative estimate of drug-likeness (QED) is 0.330. The summed E-state index contributed by atoms with van der Waals surface area (Å²) in [7, 11) is 0. The largest absolute Gasteiger partial charge is 0.444 e. The zero-order chi connectivity index (χ0) is 22.8. The minimum absolute atomic E-state index is 0.0809. The van der Waals surface area contributed by atoms with Crippen molar-refractivity contribution in [1.29, 1.82) is 0 Å². The average molecular weight is 437 g/mol. The number of guanidine groups is 1. The molecule has 0 amide bonds. The average Bonchev–Trinajstić information content (AvgIpc) is 3.29. The standard InChI is InChI=1S/C25H32N4O3/c1-4-26-25(28-15-23(30)17-31-19(3)20-8-6-5-7-9-20)27-14-22-16-32-24(29-22)21-12-10-18(2)11-13-21/h5-13,16,19,23,30H,4,14-15,17H2,1-3H3,(H2,26,27,28). The van der Waals surface area contributed by atoms with Crippen molar-refractivity contribution < 1.29 is 14.3 Å². The van der Waals surface area contributed by atoms with E-state index >= 15 is 0 Å². The molecule has 7 heteroatoms. The Morgan fingerprint density at radius 1 is 1.12 bits per heavy atom. The molecule has 0 bridgehead atoms. The predicted octanol–water partition coefficient (Wildman–Crippen LogP) is 3.84. The first-order valence-electron chi connectivity index (χ1n) is 10.9. The molecule has 3 rings (SSSR count). The molecule has 3 N–H and O–H groups in total. The third-order valence-corrected chi connectivity index (χ3v) is 4.91. The molecule has 32 heavy (non-hydrogen) atoms. The van der Waals surface area contributed by atoms with E-state index in [4.69, 9.17) is 9.15 Å². The maximum Gasteiger partial charge on any atom is 0.226 e. The van der Waals surface area contributed by atoms with Crippen LogP contribution in [0.3, 0.4) is 0 Å². The van der Waals surface area contributed by atoms with Gasteiger partial charge in [-0.05, 0) is 38.5 Å². The Morgan fingerprint density at radius 3 is 2.59 bits per heavy atom. The lowest BCUT2D eigenvalue weighted by Gasteiger charge is -2.18. The van der Waals surface area contributed by atoms with Crippen LogP contribution in [0.4, 0.5) is 0 Å². The maximum atomic E-state index is 10.3. The van der Waals surface area contributed by atoms with Gasteiger partial charge < -0.3 is 24.9 Å². The van der Waals surface area contributed by atoms with Crippen LogP contribution in [0.1, 0.15) is 36.8 Å². The molecule has 0 aliphatic rings. The second-order valence-corrected chi connectivity index (χ2v) is 7.63. The van der Waals surface area contributed by atoms with Crippen LogP contribution in [0, 0.1) is 6.92 Å². The molecule has 7 nitrogen and oxygen atoms in total. The van der Waals surface area contributed by atoms with Crippen LogP contribution in [0.25, 0.3) is 11.5 Å². The van der Waals surface area contributed by atoms with E-state index in [1.54, 1.807) is 6.26 Å². The number of aromatic nitrogens is 1. The summed E-state index contributed by atoms with van der Waals surface area (Å²) in [6.07, 6.45) is 0.878. The predicted molar refractivity (Wildman–Crippen MR) is 126 cm³/mol. The van der Waals surface area contributed by atoms with Crippen LogP contribution in [-0.2, 0) is 11.3 Å². The van der Waals surface area contributed by atoms with E-state index in [9.17, 15) is 5.11 Å². The molecule has 1 aromatic heterocycles. The van der Waals surface area contributed by atoms with Gasteiger partial charge in [-0.15, -0.1) is 0 Å². The Balaban J connectivity index is 1.48. The van der Waals surface area contributed by atoms with Crippen molar-refractivity contribution in [2.45, 2.75) is 39.5 Å². The lowest BCUT2D eigenvalue weighted by Crippen LogP contribution is -2.42. The lowest BCUT2D eigenvalue weighted by atomic mass is 10.1. The number of nitrogens with zero attached hydrogens (tertiary/aromatic N) is 2. The second kappa shape index (κ2) is 12.0. The topological polar surface area (TPSA) is 91.9 Å². The van der Waals surface area contributed by atoms with Gasteiger partial charge in [-0.25, -0.2) is 9.98 Å². The molecule has 0 saturated heterocycles. The van der Waals surface area contributed by atoms with Gasteiger partial charge in [0.2, 0.25) is 5.89 Å². The summed E-state index contributed by atoms with van der Waals surface area (Å²) in [6, 6.07) is 18.0. The number of rotatable bonds is 10. The number of benzene rings is 2. The van der Waals surface area contributed by atoms with Crippen LogP contribution in [-0.4, -0.2) is 41.9 Å². The number of nitrogens with one attached hydrogen (secondary N) is 2. The first kappa shape index (κ1) is 23.5. The third-order valence-electron chi connectivity index (χ3n) is 4.91. The molecule has 0 saturated carbocycles. The fourth-order valence-corrected chi connectivity index (χ4v) is 3.06. The first-order chi connectivity index (χ1) is 15.5. The number of aliphatic imine (C=N–C) groups is 1. The van der Waals surface area contributed by atoms with E-state index in [1.807, 2.05) is 75.4 Å². The zero-order valence-corrected chi connectivity index (χ0v) is 18.9. The van der Waals surface area contributed by atoms with Gasteiger partial charge in [0.05, 0.1) is 25.4 Å². The van der Waals surface area contributed by atoms with Crippen molar-refractivity contribution in [2.75, 3.05) is 19.7 Å². The van der Waals surface area contributed by atoms with Gasteiger partial charge in [0.15, 0.2) is 5.96 Å². The fourth-order valence-electron chi connectivity index (χ4n) is 3.06. The number of hydrogen-bond acceptors (Lipinski definition) is 5. The molecule has 0 aliphatic carbocycles. The van der Waals surface area contributed by atoms with Crippen molar-refractivity contribution in [3.05, 3.63) is 77.7 Å². The highest BCUT2D eigenvalue weighted by molar-refractivity contribution is 5.79. The van der Waals surface area contributed by atoms with Gasteiger partial charge in [-0.2, -0.15) is 0 Å². The van der Waals surface area contributed by atoms with Gasteiger partial charge in [-0.1, -0.05) is 48.0 Å². The fraction of sp³-hybridized carbons (Fsp3) is 0.360. The lowest BCUT2D eigenvalue weighted by molar-refractivity contribution is -0.000599. The Kier molecular flexibility index (Phi) is 8.83. The maximum absolute atomic E-state index is 10.3. The summed E-state index contributed by atoms with van der Waals surface area (Å²) in [5.41, 5.74) is 3.94. The van der Waals surface area contributed by atoms with E-state index in [2.05, 4.69) is 20.6 Å². The van der Waals surface area contributed by atoms with Crippen molar-refractivity contribution in [1.82, 2.24) is 15.6 Å². The van der Waals surface area contributed by atoms with E-state index in [0.717, 1.165) is 16.8 Å². The van der Waals surface area contributed by atoms with Crippen LogP contribution >= 0.6 is 0 Å². The molecule has 2 aromatic carbocycles. The SMILES string of the molecule is CCNC(=NCc1coc(-c2ccc(C)cc2)n1)NCC(O)COC(C)c1ccccc1. The Labute approximate surface area is 189 Å². The van der Waals surface area contributed by atoms with Gasteiger partial charge >= 0.3 is 0 Å². The Morgan fingerprint density at radius 2 is 1.88 bits per heavy atom. The van der Waals surface area contributed by atoms with Crippen molar-refractivity contribution >= 4 is 5.96 Å². The van der Waals surface area contributed by atoms with E-state index in [0.29, 0.717) is 31.5 Å². The number of aliphatic hydroxyl groups excluding tert-OH is 1. The molecule has 2 atom stereocenters. The summed E-state index contributed by atoms with van der Waals surface area (Å²) in [4.78, 5) is 9.06. The molecule has 2 unspecified atom stereocenters. The number of aryl methyl sites for hydroxylation is 1. The van der Waals surface area contributed by atoms with Gasteiger partial charge in [0.25, 0.3) is 0 Å². The highest BCUT2D eigenvalue weighted by atomic mass is 16.5. The highest BCUT2D eigenvalue weighted by Gasteiger charge is 2.11. The summed E-state index contributed by atoms with van der Waals surface area (Å²) in [6.45, 7) is 7.63. The number of oxazole rings is 1. The second-order valence-electron chi connectivity index (χ2n) is 7.63. The van der Waals surface area contributed by atoms with Crippen molar-refractivity contribution in [3.63, 3.8) is 0 Å². The Bertz CT molecular complexity index is 970. The molecular weight excluding hydrogens is 404 g/mol. The third kappa shape index (κ3) is 7.21. The normalized spacial score (nSPS) is 13.6. The van der Waals surface area contributed by atoms with Crippen molar-refractivity contribution in [3.8, 4) is 11.5 Å². The summed E-state index contributed by atoms with van der Waals surface area (Å²) in [5.74, 6) is 1.18. The molecule has 0 radical (unpaired) electrons. The summed E-state index contributed by atoms with van der Waals surface area (Å²) in [5, 5.41) is 16.6. The van der Waals surface area contributed by atoms with Crippen molar-refractivity contribution in [2.24, 2.45) is 4.99 Å². The molecule has 0 spiro atoms. The number of aliphatic hydroxyl groups is 1. The van der Waals surface area contributed by atoms with Gasteiger partial charge in [0, 0.05) is 18.7 Å². The number of ether oxygens (including phenoxy) is 1. The zero-order valence-electron chi connectivity index (χ0n) is 18.9. The molecule has 3 aromatic rings. The van der Waals surface area contributed by atoms with Crippen LogP contribution < -0.4 is 10.6 Å². The summed E-state index contributed by atoms with van der Waals surface area (Å²) >= 11 is 0. The van der Waals surface area contributed by atoms with Crippen LogP contribution in [0.5, 0.6) is 0 Å². The van der Waals surface area contributed by atoms with E-state index < -0.39 is 6.10 Å². The Hall–Kier alpha value is -3.16. The van der Waals surface area contributed by atoms with Gasteiger partial charge in [0.1, 0.15) is 12.0 Å². The first-order valence-corrected chi connectivity index (χ1v) is 10.9. The van der Waals surface area contributed by atoms with Crippen LogP contribution in [0.15, 0.2) is 70.3 Å². The molecular formula is C25H32N4O3. The minimum Gasteiger partial charge on any atom is -0.444 e. The number of hydrogen-bond donors (Lipinski definition) is 3. The minimum atomic E-state index is -0.662. The van der Waals surface area contributed by atoms with Crippen LogP contribution in [0.2, 0.25) is 0 Å². The van der Waals surface area contributed by atoms with E-state index in [-0.39, 0.29) is 12.7 Å². The monoisotopic (exact) mass is 436 g/mol.